The highest BCUT2D eigenvalue weighted by molar-refractivity contribution is 7.91. The van der Waals surface area contributed by atoms with Crippen LogP contribution in [-0.2, 0) is 9.84 Å². The van der Waals surface area contributed by atoms with Gasteiger partial charge in [0.2, 0.25) is 5.88 Å². The fraction of sp³-hybridized carbons (Fsp3) is 0.308. The number of nitrogens with zero attached hydrogens (tertiary/aromatic N) is 3. The summed E-state index contributed by atoms with van der Waals surface area (Å²) in [7, 11) is -3.95. The van der Waals surface area contributed by atoms with Crippen molar-refractivity contribution in [1.29, 1.82) is 0 Å². The van der Waals surface area contributed by atoms with Gasteiger partial charge in [0.15, 0.2) is 9.84 Å². The second-order valence-electron chi connectivity index (χ2n) is 4.59. The van der Waals surface area contributed by atoms with Crippen LogP contribution in [0.2, 0.25) is 0 Å². The molecule has 0 radical (unpaired) electrons. The molecule has 0 bridgehead atoms. The summed E-state index contributed by atoms with van der Waals surface area (Å²) in [5.74, 6) is -2.11. The molecule has 0 saturated heterocycles. The monoisotopic (exact) mass is 380 g/mol. The van der Waals surface area contributed by atoms with Gasteiger partial charge in [0.1, 0.15) is 11.4 Å². The van der Waals surface area contributed by atoms with Crippen LogP contribution in [0.3, 0.4) is 0 Å². The number of ether oxygens (including phenoxy) is 1. The van der Waals surface area contributed by atoms with E-state index in [0.717, 1.165) is 18.5 Å². The Morgan fingerprint density at radius 1 is 1.24 bits per heavy atom. The number of rotatable bonds is 6. The Kier molecular flexibility index (Phi) is 5.11. The molecule has 12 heteroatoms. The molecule has 0 aliphatic carbocycles. The van der Waals surface area contributed by atoms with Crippen LogP contribution < -0.4 is 9.84 Å². The normalized spacial score (nSPS) is 12.4. The van der Waals surface area contributed by atoms with Gasteiger partial charge in [-0.3, -0.25) is 4.98 Å². The van der Waals surface area contributed by atoms with Crippen molar-refractivity contribution in [2.45, 2.75) is 24.4 Å². The van der Waals surface area contributed by atoms with Crippen LogP contribution in [0.5, 0.6) is 11.6 Å². The second-order valence-corrected chi connectivity index (χ2v) is 6.81. The number of hydrogen-bond acceptors (Lipinski definition) is 7. The van der Waals surface area contributed by atoms with Crippen LogP contribution in [0.1, 0.15) is 6.92 Å². The first-order valence-electron chi connectivity index (χ1n) is 6.64. The number of alkyl halides is 4. The maximum atomic E-state index is 12.8. The Morgan fingerprint density at radius 3 is 2.44 bits per heavy atom. The van der Waals surface area contributed by atoms with Crippen molar-refractivity contribution >= 4 is 9.84 Å². The molecule has 2 aromatic heterocycles. The van der Waals surface area contributed by atoms with Crippen molar-refractivity contribution in [2.24, 2.45) is 0 Å². The first-order valence-corrected chi connectivity index (χ1v) is 8.30. The quantitative estimate of drug-likeness (QED) is 0.702. The molecule has 0 spiro atoms. The number of pyridine rings is 1. The molecule has 2 heterocycles. The highest BCUT2D eigenvalue weighted by Crippen LogP contribution is 2.31. The largest absolute Gasteiger partial charge is 0.871 e. The van der Waals surface area contributed by atoms with E-state index in [1.54, 1.807) is 0 Å². The van der Waals surface area contributed by atoms with E-state index in [-0.39, 0.29) is 17.1 Å². The highest BCUT2D eigenvalue weighted by atomic mass is 32.2. The van der Waals surface area contributed by atoms with Crippen LogP contribution in [0.15, 0.2) is 29.6 Å². The maximum absolute atomic E-state index is 12.8. The van der Waals surface area contributed by atoms with Crippen molar-refractivity contribution in [3.63, 3.8) is 0 Å². The molecule has 0 amide bonds. The van der Waals surface area contributed by atoms with E-state index in [1.165, 1.54) is 6.92 Å². The minimum absolute atomic E-state index is 0.225. The van der Waals surface area contributed by atoms with Crippen molar-refractivity contribution in [2.75, 3.05) is 5.75 Å². The smallest absolute Gasteiger partial charge is 0.462 e. The molecule has 0 aromatic carbocycles. The van der Waals surface area contributed by atoms with Crippen LogP contribution in [-0.4, -0.2) is 41.7 Å². The molecule has 2 rings (SSSR count). The molecule has 136 valence electrons. The first kappa shape index (κ1) is 18.8. The van der Waals surface area contributed by atoms with Crippen molar-refractivity contribution < 1.29 is 35.8 Å². The summed E-state index contributed by atoms with van der Waals surface area (Å²) in [4.78, 5) is 10.1. The third-order valence-electron chi connectivity index (χ3n) is 2.92. The van der Waals surface area contributed by atoms with Gasteiger partial charge in [0, 0.05) is 6.20 Å². The summed E-state index contributed by atoms with van der Waals surface area (Å²) in [5.41, 5.74) is -0.550. The number of halogens is 4. The predicted molar refractivity (Wildman–Crippen MR) is 74.0 cm³/mol. The molecule has 0 saturated carbocycles. The highest BCUT2D eigenvalue weighted by Gasteiger charge is 2.44. The summed E-state index contributed by atoms with van der Waals surface area (Å²) >= 11 is 0. The SMILES string of the molecule is CCS(=O)(=O)c1c([O-])ccnc1-c1cnc(OC(F)(F)C(F)F)cn1. The van der Waals surface area contributed by atoms with Gasteiger partial charge in [-0.25, -0.2) is 18.4 Å². The van der Waals surface area contributed by atoms with Crippen LogP contribution in [0.25, 0.3) is 11.4 Å². The van der Waals surface area contributed by atoms with E-state index in [1.807, 2.05) is 0 Å². The zero-order valence-corrected chi connectivity index (χ0v) is 13.3. The number of hydrogen-bond donors (Lipinski definition) is 0. The van der Waals surface area contributed by atoms with E-state index in [0.29, 0.717) is 6.20 Å². The van der Waals surface area contributed by atoms with Gasteiger partial charge in [0.25, 0.3) is 0 Å². The van der Waals surface area contributed by atoms with Crippen LogP contribution >= 0.6 is 0 Å². The third-order valence-corrected chi connectivity index (χ3v) is 4.70. The van der Waals surface area contributed by atoms with Crippen molar-refractivity contribution in [3.8, 4) is 23.0 Å². The Balaban J connectivity index is 2.44. The van der Waals surface area contributed by atoms with Gasteiger partial charge < -0.3 is 9.84 Å². The Labute approximate surface area is 139 Å². The van der Waals surface area contributed by atoms with Gasteiger partial charge in [-0.2, -0.15) is 17.6 Å². The molecule has 0 aliphatic rings. The average Bonchev–Trinajstić information content (AvgIpc) is 2.54. The Bertz CT molecular complexity index is 860. The molecule has 0 fully saturated rings. The lowest BCUT2D eigenvalue weighted by atomic mass is 10.2. The molecule has 0 aliphatic heterocycles. The van der Waals surface area contributed by atoms with Crippen molar-refractivity contribution in [3.05, 3.63) is 24.7 Å². The lowest BCUT2D eigenvalue weighted by Gasteiger charge is -2.17. The van der Waals surface area contributed by atoms with Gasteiger partial charge in [-0.05, 0) is 0 Å². The molecular weight excluding hydrogens is 370 g/mol. The van der Waals surface area contributed by atoms with Gasteiger partial charge in [0.05, 0.1) is 23.0 Å². The van der Waals surface area contributed by atoms with E-state index >= 15 is 0 Å². The fourth-order valence-electron chi connectivity index (χ4n) is 1.73. The first-order chi connectivity index (χ1) is 11.6. The standard InChI is InChI=1S/C13H11F4N3O4S/c1-2-25(22,23)11-8(21)3-4-18-10(11)7-5-20-9(6-19-7)24-13(16,17)12(14)15/h3-6,12H,2H2,1H3,(H,18,21)/p-1. The van der Waals surface area contributed by atoms with Gasteiger partial charge in [-0.1, -0.05) is 18.7 Å². The summed E-state index contributed by atoms with van der Waals surface area (Å²) in [5, 5.41) is 11.9. The number of aromatic nitrogens is 3. The zero-order valence-electron chi connectivity index (χ0n) is 12.5. The number of sulfone groups is 1. The molecule has 0 N–H and O–H groups in total. The van der Waals surface area contributed by atoms with Gasteiger partial charge in [-0.15, -0.1) is 0 Å². The molecule has 7 nitrogen and oxygen atoms in total. The summed E-state index contributed by atoms with van der Waals surface area (Å²) < 4.78 is 77.6. The Morgan fingerprint density at radius 2 is 1.92 bits per heavy atom. The van der Waals surface area contributed by atoms with E-state index < -0.39 is 38.9 Å². The van der Waals surface area contributed by atoms with E-state index in [9.17, 15) is 31.1 Å². The van der Waals surface area contributed by atoms with E-state index in [2.05, 4.69) is 19.7 Å². The van der Waals surface area contributed by atoms with Crippen LogP contribution in [0, 0.1) is 0 Å². The van der Waals surface area contributed by atoms with Gasteiger partial charge >= 0.3 is 12.5 Å². The molecule has 0 atom stereocenters. The lowest BCUT2D eigenvalue weighted by Crippen LogP contribution is -2.33. The molecular formula is C13H10F4N3O4S-. The maximum Gasteiger partial charge on any atom is 0.462 e. The van der Waals surface area contributed by atoms with E-state index in [4.69, 9.17) is 0 Å². The molecule has 0 unspecified atom stereocenters. The van der Waals surface area contributed by atoms with Crippen molar-refractivity contribution in [1.82, 2.24) is 15.0 Å². The third kappa shape index (κ3) is 3.95. The predicted octanol–water partition coefficient (Wildman–Crippen LogP) is 1.64. The minimum Gasteiger partial charge on any atom is -0.871 e. The Hall–Kier alpha value is -2.50. The average molecular weight is 380 g/mol. The second kappa shape index (κ2) is 6.78. The minimum atomic E-state index is -4.76. The van der Waals surface area contributed by atoms with Crippen LogP contribution in [0.4, 0.5) is 17.6 Å². The summed E-state index contributed by atoms with van der Waals surface area (Å²) in [6.07, 6.45) is -6.42. The zero-order chi connectivity index (χ0) is 18.8. The lowest BCUT2D eigenvalue weighted by molar-refractivity contribution is -0.272. The molecule has 2 aromatic rings. The topological polar surface area (TPSA) is 105 Å². The molecule has 25 heavy (non-hydrogen) atoms. The summed E-state index contributed by atoms with van der Waals surface area (Å²) in [6.45, 7) is 1.32. The fourth-order valence-corrected chi connectivity index (χ4v) is 2.85. The summed E-state index contributed by atoms with van der Waals surface area (Å²) in [6, 6.07) is 0.945.